The molecule has 1 aromatic heterocycles. The van der Waals surface area contributed by atoms with E-state index in [1.807, 2.05) is 28.2 Å². The molecule has 3 aliphatic heterocycles. The van der Waals surface area contributed by atoms with E-state index in [2.05, 4.69) is 11.9 Å². The van der Waals surface area contributed by atoms with Crippen LogP contribution in [0.5, 0.6) is 0 Å². The van der Waals surface area contributed by atoms with Crippen LogP contribution in [0, 0.1) is 0 Å². The molecule has 134 valence electrons. The van der Waals surface area contributed by atoms with E-state index < -0.39 is 0 Å². The van der Waals surface area contributed by atoms with E-state index in [0.29, 0.717) is 18.8 Å². The molecule has 2 atom stereocenters. The topological polar surface area (TPSA) is 58.4 Å². The lowest BCUT2D eigenvalue weighted by molar-refractivity contribution is -0.129. The van der Waals surface area contributed by atoms with E-state index in [4.69, 9.17) is 0 Å². The number of allylic oxidation sites excluding steroid dienone is 1. The van der Waals surface area contributed by atoms with Gasteiger partial charge in [-0.1, -0.05) is 24.3 Å². The third kappa shape index (κ3) is 2.60. The van der Waals surface area contributed by atoms with Crippen molar-refractivity contribution in [3.8, 4) is 0 Å². The molecule has 25 heavy (non-hydrogen) atoms. The van der Waals surface area contributed by atoms with Crippen molar-refractivity contribution in [3.63, 3.8) is 0 Å². The third-order valence-electron chi connectivity index (χ3n) is 5.84. The summed E-state index contributed by atoms with van der Waals surface area (Å²) < 4.78 is 2.03. The van der Waals surface area contributed by atoms with Gasteiger partial charge in [0.2, 0.25) is 5.91 Å². The van der Waals surface area contributed by atoms with Crippen molar-refractivity contribution in [2.24, 2.45) is 0 Å². The Bertz CT molecular complexity index is 769. The number of carbonyl (C=O) groups is 2. The number of imidazole rings is 1. The average Bonchev–Trinajstić information content (AvgIpc) is 3.38. The fourth-order valence-electron chi connectivity index (χ4n) is 4.06. The van der Waals surface area contributed by atoms with Crippen LogP contribution in [-0.4, -0.2) is 62.1 Å². The molecule has 2 bridgehead atoms. The molecular weight excluding hydrogens is 336 g/mol. The van der Waals surface area contributed by atoms with Gasteiger partial charge >= 0.3 is 0 Å². The van der Waals surface area contributed by atoms with Crippen LogP contribution < -0.4 is 0 Å². The summed E-state index contributed by atoms with van der Waals surface area (Å²) in [5.74, 6) is 1.19. The quantitative estimate of drug-likeness (QED) is 0.775. The number of hydrogen-bond donors (Lipinski definition) is 0. The Labute approximate surface area is 152 Å². The fraction of sp³-hybridized carbons (Fsp3) is 0.611. The number of rotatable bonds is 3. The summed E-state index contributed by atoms with van der Waals surface area (Å²) in [5.41, 5.74) is 2.70. The SMILES string of the molecule is CC/C(C)=C(\C)C(=O)N1C[C@@H]2C[C@H]1CN2C(=O)c1cnc2n1CCS2. The summed E-state index contributed by atoms with van der Waals surface area (Å²) in [5, 5.41) is 0.945. The minimum absolute atomic E-state index is 0.0675. The first-order chi connectivity index (χ1) is 12.0. The van der Waals surface area contributed by atoms with Crippen LogP contribution in [0.25, 0.3) is 0 Å². The van der Waals surface area contributed by atoms with Crippen molar-refractivity contribution in [3.05, 3.63) is 23.0 Å². The number of hydrogen-bond acceptors (Lipinski definition) is 4. The van der Waals surface area contributed by atoms with Gasteiger partial charge in [-0.3, -0.25) is 9.59 Å². The summed E-state index contributed by atoms with van der Waals surface area (Å²) in [6, 6.07) is 0.285. The number of aromatic nitrogens is 2. The van der Waals surface area contributed by atoms with Gasteiger partial charge in [0.25, 0.3) is 5.91 Å². The minimum Gasteiger partial charge on any atom is -0.332 e. The van der Waals surface area contributed by atoms with E-state index in [9.17, 15) is 9.59 Å². The second-order valence-electron chi connectivity index (χ2n) is 7.14. The molecule has 0 saturated carbocycles. The summed E-state index contributed by atoms with van der Waals surface area (Å²) in [7, 11) is 0. The zero-order chi connectivity index (χ0) is 17.7. The smallest absolute Gasteiger partial charge is 0.272 e. The molecule has 0 spiro atoms. The zero-order valence-corrected chi connectivity index (χ0v) is 15.8. The van der Waals surface area contributed by atoms with E-state index >= 15 is 0 Å². The number of piperazine rings is 1. The molecule has 2 saturated heterocycles. The Morgan fingerprint density at radius 2 is 1.96 bits per heavy atom. The van der Waals surface area contributed by atoms with Gasteiger partial charge in [-0.25, -0.2) is 4.98 Å². The molecule has 4 heterocycles. The molecule has 0 unspecified atom stereocenters. The van der Waals surface area contributed by atoms with Crippen molar-refractivity contribution in [1.29, 1.82) is 0 Å². The first-order valence-electron chi connectivity index (χ1n) is 8.97. The molecule has 0 aromatic carbocycles. The number of nitrogens with zero attached hydrogens (tertiary/aromatic N) is 4. The monoisotopic (exact) mass is 360 g/mol. The molecule has 0 aliphatic carbocycles. The molecule has 6 nitrogen and oxygen atoms in total. The van der Waals surface area contributed by atoms with Gasteiger partial charge in [0.15, 0.2) is 5.16 Å². The molecule has 0 radical (unpaired) electrons. The van der Waals surface area contributed by atoms with Gasteiger partial charge in [0.05, 0.1) is 18.3 Å². The lowest BCUT2D eigenvalue weighted by Gasteiger charge is -2.34. The molecule has 3 aliphatic rings. The lowest BCUT2D eigenvalue weighted by Crippen LogP contribution is -2.51. The van der Waals surface area contributed by atoms with Gasteiger partial charge in [0.1, 0.15) is 5.69 Å². The van der Waals surface area contributed by atoms with Crippen LogP contribution in [0.4, 0.5) is 0 Å². The molecule has 1 aromatic rings. The molecule has 7 heteroatoms. The van der Waals surface area contributed by atoms with Crippen molar-refractivity contribution in [1.82, 2.24) is 19.4 Å². The van der Waals surface area contributed by atoms with Crippen LogP contribution >= 0.6 is 11.8 Å². The first-order valence-corrected chi connectivity index (χ1v) is 9.96. The van der Waals surface area contributed by atoms with Crippen LogP contribution in [0.1, 0.15) is 44.1 Å². The summed E-state index contributed by atoms with van der Waals surface area (Å²) in [6.07, 6.45) is 3.50. The van der Waals surface area contributed by atoms with E-state index in [-0.39, 0.29) is 23.9 Å². The molecule has 2 fully saturated rings. The van der Waals surface area contributed by atoms with Crippen LogP contribution in [0.3, 0.4) is 0 Å². The Hall–Kier alpha value is -1.76. The fourth-order valence-corrected chi connectivity index (χ4v) is 4.99. The van der Waals surface area contributed by atoms with Gasteiger partial charge in [-0.05, 0) is 26.7 Å². The van der Waals surface area contributed by atoms with Gasteiger partial charge in [-0.2, -0.15) is 0 Å². The van der Waals surface area contributed by atoms with E-state index in [1.165, 1.54) is 0 Å². The first kappa shape index (κ1) is 16.7. The summed E-state index contributed by atoms with van der Waals surface area (Å²) in [6.45, 7) is 8.17. The highest BCUT2D eigenvalue weighted by atomic mass is 32.2. The minimum atomic E-state index is 0.0675. The van der Waals surface area contributed by atoms with Crippen LogP contribution in [-0.2, 0) is 11.3 Å². The highest BCUT2D eigenvalue weighted by molar-refractivity contribution is 7.99. The Morgan fingerprint density at radius 3 is 2.64 bits per heavy atom. The number of likely N-dealkylation sites (tertiary alicyclic amines) is 2. The van der Waals surface area contributed by atoms with Crippen molar-refractivity contribution >= 4 is 23.6 Å². The van der Waals surface area contributed by atoms with Crippen LogP contribution in [0.2, 0.25) is 0 Å². The number of fused-ring (bicyclic) bond motifs is 3. The summed E-state index contributed by atoms with van der Waals surface area (Å²) >= 11 is 1.70. The summed E-state index contributed by atoms with van der Waals surface area (Å²) in [4.78, 5) is 34.0. The molecule has 2 amide bonds. The molecular formula is C18H24N4O2S. The normalized spacial score (nSPS) is 25.4. The number of carbonyl (C=O) groups excluding carboxylic acids is 2. The predicted octanol–water partition coefficient (Wildman–Crippen LogP) is 2.16. The predicted molar refractivity (Wildman–Crippen MR) is 96.6 cm³/mol. The van der Waals surface area contributed by atoms with Crippen LogP contribution in [0.15, 0.2) is 22.5 Å². The third-order valence-corrected chi connectivity index (χ3v) is 6.81. The maximum atomic E-state index is 13.0. The Balaban J connectivity index is 1.48. The number of thioether (sulfide) groups is 1. The number of amides is 2. The Morgan fingerprint density at radius 1 is 1.24 bits per heavy atom. The van der Waals surface area contributed by atoms with Gasteiger partial charge in [0, 0.05) is 31.0 Å². The molecule has 0 N–H and O–H groups in total. The highest BCUT2D eigenvalue weighted by Crippen LogP contribution is 2.34. The zero-order valence-electron chi connectivity index (χ0n) is 15.0. The van der Waals surface area contributed by atoms with Gasteiger partial charge in [-0.15, -0.1) is 0 Å². The van der Waals surface area contributed by atoms with Crippen molar-refractivity contribution < 1.29 is 9.59 Å². The maximum absolute atomic E-state index is 13.0. The maximum Gasteiger partial charge on any atom is 0.272 e. The van der Waals surface area contributed by atoms with E-state index in [1.54, 1.807) is 18.0 Å². The second-order valence-corrected chi connectivity index (χ2v) is 8.21. The largest absolute Gasteiger partial charge is 0.332 e. The van der Waals surface area contributed by atoms with Crippen molar-refractivity contribution in [2.75, 3.05) is 18.8 Å². The van der Waals surface area contributed by atoms with Gasteiger partial charge < -0.3 is 14.4 Å². The molecule has 4 rings (SSSR count). The Kier molecular flexibility index (Phi) is 4.14. The average molecular weight is 360 g/mol. The van der Waals surface area contributed by atoms with Crippen molar-refractivity contribution in [2.45, 2.75) is 57.4 Å². The lowest BCUT2D eigenvalue weighted by atomic mass is 10.1. The second kappa shape index (κ2) is 6.20. The highest BCUT2D eigenvalue weighted by Gasteiger charge is 2.48. The van der Waals surface area contributed by atoms with E-state index in [0.717, 1.165) is 41.4 Å². The standard InChI is InChI=1S/C18H24N4O2S/c1-4-11(2)12(3)16(23)21-9-14-7-13(21)10-22(14)17(24)15-8-19-18-20(15)5-6-25-18/h8,13-14H,4-7,9-10H2,1-3H3/b12-11+/t13-,14-/m0/s1.